The Bertz CT molecular complexity index is 567. The molecule has 1 atom stereocenters. The van der Waals surface area contributed by atoms with Gasteiger partial charge in [-0.15, -0.1) is 0 Å². The maximum absolute atomic E-state index is 10.8. The van der Waals surface area contributed by atoms with Crippen LogP contribution in [0, 0.1) is 24.3 Å². The van der Waals surface area contributed by atoms with Crippen molar-refractivity contribution in [2.75, 3.05) is 0 Å². The minimum atomic E-state index is -1.46. The molecule has 1 unspecified atom stereocenters. The van der Waals surface area contributed by atoms with Crippen LogP contribution in [-0.2, 0) is 5.72 Å². The summed E-state index contributed by atoms with van der Waals surface area (Å²) in [6, 6.07) is 11.7. The van der Waals surface area contributed by atoms with Crippen LogP contribution in [0.5, 0.6) is 0 Å². The lowest BCUT2D eigenvalue weighted by Crippen LogP contribution is -2.39. The van der Waals surface area contributed by atoms with E-state index in [0.717, 1.165) is 31.4 Å². The summed E-state index contributed by atoms with van der Waals surface area (Å²) >= 11 is 2.26. The number of aliphatic hydroxyl groups is 1. The number of rotatable bonds is 2. The predicted octanol–water partition coefficient (Wildman–Crippen LogP) is 3.37. The number of nitrogens with two attached hydrogens (primary N) is 1. The molecular formula is C16H18INO. The van der Waals surface area contributed by atoms with Gasteiger partial charge in [0.25, 0.3) is 0 Å². The normalized spacial score (nSPS) is 14.2. The van der Waals surface area contributed by atoms with Crippen LogP contribution in [-0.4, -0.2) is 5.11 Å². The molecule has 3 heteroatoms. The van der Waals surface area contributed by atoms with Crippen molar-refractivity contribution in [3.05, 3.63) is 67.8 Å². The Morgan fingerprint density at radius 3 is 2.11 bits per heavy atom. The molecule has 0 fully saturated rings. The Labute approximate surface area is 127 Å². The molecule has 2 aromatic rings. The van der Waals surface area contributed by atoms with E-state index in [1.165, 1.54) is 0 Å². The molecule has 0 aliphatic heterocycles. The molecule has 2 aromatic carbocycles. The standard InChI is InChI=1S/C16H18INO/c1-10-6-4-7-13(11(10)2)16(18,19)14-8-5-9-15(17)12(14)3/h4-9,19H,18H2,1-3H3. The van der Waals surface area contributed by atoms with E-state index >= 15 is 0 Å². The minimum absolute atomic E-state index is 0.758. The van der Waals surface area contributed by atoms with E-state index < -0.39 is 5.72 Å². The number of hydrogen-bond donors (Lipinski definition) is 2. The van der Waals surface area contributed by atoms with Crippen molar-refractivity contribution in [2.45, 2.75) is 26.5 Å². The molecule has 2 rings (SSSR count). The lowest BCUT2D eigenvalue weighted by molar-refractivity contribution is 0.0869. The molecule has 0 aliphatic rings. The van der Waals surface area contributed by atoms with Crippen molar-refractivity contribution in [1.82, 2.24) is 0 Å². The number of hydrogen-bond acceptors (Lipinski definition) is 2. The van der Waals surface area contributed by atoms with Crippen LogP contribution in [0.1, 0.15) is 27.8 Å². The zero-order chi connectivity index (χ0) is 14.2. The second-order valence-electron chi connectivity index (χ2n) is 4.93. The highest BCUT2D eigenvalue weighted by atomic mass is 127. The third-order valence-corrected chi connectivity index (χ3v) is 4.86. The van der Waals surface area contributed by atoms with Crippen molar-refractivity contribution < 1.29 is 5.11 Å². The maximum Gasteiger partial charge on any atom is 0.166 e. The molecule has 0 aliphatic carbocycles. The van der Waals surface area contributed by atoms with E-state index in [4.69, 9.17) is 5.73 Å². The molecule has 0 radical (unpaired) electrons. The zero-order valence-electron chi connectivity index (χ0n) is 11.4. The van der Waals surface area contributed by atoms with E-state index in [-0.39, 0.29) is 0 Å². The molecule has 0 heterocycles. The van der Waals surface area contributed by atoms with Gasteiger partial charge >= 0.3 is 0 Å². The SMILES string of the molecule is Cc1cccc(C(N)(O)c2cccc(I)c2C)c1C. The summed E-state index contributed by atoms with van der Waals surface area (Å²) in [5.74, 6) is 0. The summed E-state index contributed by atoms with van der Waals surface area (Å²) < 4.78 is 1.10. The molecule has 0 saturated heterocycles. The fraction of sp³-hybridized carbons (Fsp3) is 0.250. The van der Waals surface area contributed by atoms with Gasteiger partial charge in [0.2, 0.25) is 0 Å². The lowest BCUT2D eigenvalue weighted by Gasteiger charge is -2.28. The highest BCUT2D eigenvalue weighted by molar-refractivity contribution is 14.1. The van der Waals surface area contributed by atoms with Crippen LogP contribution in [0.15, 0.2) is 36.4 Å². The molecular weight excluding hydrogens is 349 g/mol. The summed E-state index contributed by atoms with van der Waals surface area (Å²) in [5.41, 5.74) is 9.50. The summed E-state index contributed by atoms with van der Waals surface area (Å²) in [7, 11) is 0. The van der Waals surface area contributed by atoms with Crippen LogP contribution in [0.4, 0.5) is 0 Å². The molecule has 0 aromatic heterocycles. The van der Waals surface area contributed by atoms with Crippen LogP contribution in [0.25, 0.3) is 0 Å². The van der Waals surface area contributed by atoms with E-state index in [0.29, 0.717) is 0 Å². The summed E-state index contributed by atoms with van der Waals surface area (Å²) in [6.07, 6.45) is 0. The van der Waals surface area contributed by atoms with Crippen LogP contribution < -0.4 is 5.73 Å². The van der Waals surface area contributed by atoms with Gasteiger partial charge in [-0.25, -0.2) is 0 Å². The van der Waals surface area contributed by atoms with Gasteiger partial charge in [-0.2, -0.15) is 0 Å². The van der Waals surface area contributed by atoms with Crippen molar-refractivity contribution in [2.24, 2.45) is 5.73 Å². The topological polar surface area (TPSA) is 46.2 Å². The van der Waals surface area contributed by atoms with Crippen molar-refractivity contribution in [1.29, 1.82) is 0 Å². The maximum atomic E-state index is 10.8. The fourth-order valence-electron chi connectivity index (χ4n) is 2.33. The summed E-state index contributed by atoms with van der Waals surface area (Å²) in [5, 5.41) is 10.8. The Hall–Kier alpha value is -0.910. The average Bonchev–Trinajstić information content (AvgIpc) is 2.35. The predicted molar refractivity (Wildman–Crippen MR) is 87.0 cm³/mol. The second kappa shape index (κ2) is 5.23. The van der Waals surface area contributed by atoms with Gasteiger partial charge in [0, 0.05) is 14.7 Å². The molecule has 0 spiro atoms. The van der Waals surface area contributed by atoms with Crippen LogP contribution in [0.2, 0.25) is 0 Å². The van der Waals surface area contributed by atoms with Gasteiger partial charge in [0.05, 0.1) is 0 Å². The monoisotopic (exact) mass is 367 g/mol. The Balaban J connectivity index is 2.65. The largest absolute Gasteiger partial charge is 0.368 e. The van der Waals surface area contributed by atoms with Gasteiger partial charge in [0.15, 0.2) is 5.72 Å². The Kier molecular flexibility index (Phi) is 3.99. The zero-order valence-corrected chi connectivity index (χ0v) is 13.5. The third kappa shape index (κ3) is 2.55. The highest BCUT2D eigenvalue weighted by Crippen LogP contribution is 2.31. The van der Waals surface area contributed by atoms with Gasteiger partial charge in [0.1, 0.15) is 0 Å². The third-order valence-electron chi connectivity index (χ3n) is 3.69. The molecule has 3 N–H and O–H groups in total. The summed E-state index contributed by atoms with van der Waals surface area (Å²) in [4.78, 5) is 0. The van der Waals surface area contributed by atoms with Crippen LogP contribution in [0.3, 0.4) is 0 Å². The first-order chi connectivity index (χ1) is 8.85. The minimum Gasteiger partial charge on any atom is -0.368 e. The Morgan fingerprint density at radius 1 is 0.947 bits per heavy atom. The quantitative estimate of drug-likeness (QED) is 0.632. The van der Waals surface area contributed by atoms with E-state index in [9.17, 15) is 5.11 Å². The number of aryl methyl sites for hydroxylation is 1. The van der Waals surface area contributed by atoms with Crippen molar-refractivity contribution in [3.8, 4) is 0 Å². The molecule has 19 heavy (non-hydrogen) atoms. The molecule has 100 valence electrons. The number of benzene rings is 2. The van der Waals surface area contributed by atoms with Gasteiger partial charge < -0.3 is 5.11 Å². The average molecular weight is 367 g/mol. The summed E-state index contributed by atoms with van der Waals surface area (Å²) in [6.45, 7) is 6.00. The molecule has 0 saturated carbocycles. The first-order valence-electron chi connectivity index (χ1n) is 6.19. The molecule has 0 bridgehead atoms. The number of halogens is 1. The van der Waals surface area contributed by atoms with E-state index in [1.807, 2.05) is 57.2 Å². The smallest absolute Gasteiger partial charge is 0.166 e. The lowest BCUT2D eigenvalue weighted by atomic mass is 9.88. The van der Waals surface area contributed by atoms with E-state index in [2.05, 4.69) is 22.6 Å². The van der Waals surface area contributed by atoms with Crippen LogP contribution >= 0.6 is 22.6 Å². The van der Waals surface area contributed by atoms with Gasteiger partial charge in [-0.05, 0) is 66.1 Å². The van der Waals surface area contributed by atoms with Gasteiger partial charge in [-0.3, -0.25) is 5.73 Å². The first kappa shape index (κ1) is 14.5. The first-order valence-corrected chi connectivity index (χ1v) is 7.27. The van der Waals surface area contributed by atoms with Crippen molar-refractivity contribution in [3.63, 3.8) is 0 Å². The Morgan fingerprint density at radius 2 is 1.47 bits per heavy atom. The fourth-order valence-corrected chi connectivity index (χ4v) is 2.83. The second-order valence-corrected chi connectivity index (χ2v) is 6.09. The molecule has 2 nitrogen and oxygen atoms in total. The van der Waals surface area contributed by atoms with Crippen molar-refractivity contribution >= 4 is 22.6 Å². The highest BCUT2D eigenvalue weighted by Gasteiger charge is 2.30. The van der Waals surface area contributed by atoms with E-state index in [1.54, 1.807) is 0 Å². The molecule has 0 amide bonds. The van der Waals surface area contributed by atoms with Gasteiger partial charge in [-0.1, -0.05) is 30.3 Å².